The van der Waals surface area contributed by atoms with Crippen LogP contribution < -0.4 is 5.32 Å². The van der Waals surface area contributed by atoms with E-state index in [1.807, 2.05) is 4.90 Å². The first-order valence-corrected chi connectivity index (χ1v) is 8.07. The molecule has 0 radical (unpaired) electrons. The van der Waals surface area contributed by atoms with Gasteiger partial charge in [0, 0.05) is 50.7 Å². The predicted molar refractivity (Wildman–Crippen MR) is 78.8 cm³/mol. The monoisotopic (exact) mass is 295 g/mol. The van der Waals surface area contributed by atoms with Gasteiger partial charge in [-0.05, 0) is 11.4 Å². The summed E-state index contributed by atoms with van der Waals surface area (Å²) in [6.07, 6.45) is -0.285. The van der Waals surface area contributed by atoms with Crippen molar-refractivity contribution >= 4 is 17.2 Å². The lowest BCUT2D eigenvalue weighted by atomic mass is 10.2. The number of ether oxygens (including phenoxy) is 1. The number of nitrogens with zero attached hydrogens (tertiary/aromatic N) is 2. The number of carbonyl (C=O) groups is 1. The van der Waals surface area contributed by atoms with Crippen molar-refractivity contribution in [1.29, 1.82) is 0 Å². The Bertz CT molecular complexity index is 424. The zero-order valence-electron chi connectivity index (χ0n) is 11.6. The molecular weight excluding hydrogens is 274 g/mol. The molecular formula is C14H21N3O2S. The second-order valence-electron chi connectivity index (χ2n) is 5.24. The molecule has 0 aliphatic carbocycles. The number of morpholine rings is 1. The van der Waals surface area contributed by atoms with Crippen molar-refractivity contribution < 1.29 is 9.53 Å². The molecule has 20 heavy (non-hydrogen) atoms. The highest BCUT2D eigenvalue weighted by atomic mass is 32.1. The van der Waals surface area contributed by atoms with E-state index in [1.54, 1.807) is 11.3 Å². The molecule has 3 heterocycles. The molecule has 2 aliphatic heterocycles. The smallest absolute Gasteiger partial charge is 0.253 e. The average molecular weight is 295 g/mol. The molecule has 0 aromatic carbocycles. The molecule has 1 aromatic rings. The van der Waals surface area contributed by atoms with E-state index < -0.39 is 0 Å². The molecule has 3 rings (SSSR count). The highest BCUT2D eigenvalue weighted by molar-refractivity contribution is 7.09. The minimum Gasteiger partial charge on any atom is -0.366 e. The number of amides is 1. The Hall–Kier alpha value is -0.950. The summed E-state index contributed by atoms with van der Waals surface area (Å²) < 4.78 is 5.54. The molecule has 0 saturated carbocycles. The number of nitrogens with one attached hydrogen (secondary N) is 1. The van der Waals surface area contributed by atoms with E-state index >= 15 is 0 Å². The number of rotatable bonds is 3. The maximum Gasteiger partial charge on any atom is 0.253 e. The summed E-state index contributed by atoms with van der Waals surface area (Å²) in [5.41, 5.74) is 0. The number of hydrogen-bond donors (Lipinski definition) is 1. The molecule has 1 atom stereocenters. The number of piperazine rings is 1. The number of thiophene rings is 1. The molecule has 1 amide bonds. The summed E-state index contributed by atoms with van der Waals surface area (Å²) in [6, 6.07) is 4.26. The third-order valence-corrected chi connectivity index (χ3v) is 4.71. The second kappa shape index (κ2) is 6.67. The van der Waals surface area contributed by atoms with Crippen LogP contribution in [0, 0.1) is 0 Å². The first kappa shape index (κ1) is 14.0. The summed E-state index contributed by atoms with van der Waals surface area (Å²) in [4.78, 5) is 18.1. The van der Waals surface area contributed by atoms with Crippen LogP contribution in [0.15, 0.2) is 17.5 Å². The number of carbonyl (C=O) groups excluding carboxylic acids is 1. The molecule has 110 valence electrons. The van der Waals surface area contributed by atoms with Crippen molar-refractivity contribution in [2.75, 3.05) is 45.9 Å². The van der Waals surface area contributed by atoms with E-state index in [-0.39, 0.29) is 12.0 Å². The zero-order valence-corrected chi connectivity index (χ0v) is 12.4. The van der Waals surface area contributed by atoms with Gasteiger partial charge >= 0.3 is 0 Å². The molecule has 2 aliphatic rings. The molecule has 6 heteroatoms. The third-order valence-electron chi connectivity index (χ3n) is 3.85. The maximum absolute atomic E-state index is 12.3. The van der Waals surface area contributed by atoms with Crippen LogP contribution in [-0.4, -0.2) is 67.7 Å². The minimum atomic E-state index is -0.285. The van der Waals surface area contributed by atoms with Crippen molar-refractivity contribution in [2.24, 2.45) is 0 Å². The predicted octanol–water partition coefficient (Wildman–Crippen LogP) is 0.381. The van der Waals surface area contributed by atoms with Gasteiger partial charge in [-0.2, -0.15) is 0 Å². The SMILES string of the molecule is O=C([C@@H]1CNCCO1)N1CCN(Cc2cccs2)CC1. The zero-order chi connectivity index (χ0) is 13.8. The van der Waals surface area contributed by atoms with Gasteiger partial charge in [0.25, 0.3) is 5.91 Å². The first-order valence-electron chi connectivity index (χ1n) is 7.19. The van der Waals surface area contributed by atoms with Crippen LogP contribution in [0.1, 0.15) is 4.88 Å². The van der Waals surface area contributed by atoms with Gasteiger partial charge in [0.2, 0.25) is 0 Å². The van der Waals surface area contributed by atoms with Gasteiger partial charge in [-0.15, -0.1) is 11.3 Å². The van der Waals surface area contributed by atoms with Crippen LogP contribution in [0.2, 0.25) is 0 Å². The summed E-state index contributed by atoms with van der Waals surface area (Å²) in [7, 11) is 0. The van der Waals surface area contributed by atoms with Gasteiger partial charge in [-0.25, -0.2) is 0 Å². The van der Waals surface area contributed by atoms with Gasteiger partial charge in [0.05, 0.1) is 6.61 Å². The lowest BCUT2D eigenvalue weighted by Crippen LogP contribution is -2.54. The van der Waals surface area contributed by atoms with Crippen LogP contribution in [-0.2, 0) is 16.1 Å². The fourth-order valence-corrected chi connectivity index (χ4v) is 3.42. The molecule has 0 unspecified atom stereocenters. The van der Waals surface area contributed by atoms with Crippen LogP contribution in [0.4, 0.5) is 0 Å². The number of hydrogen-bond acceptors (Lipinski definition) is 5. The summed E-state index contributed by atoms with van der Waals surface area (Å²) >= 11 is 1.80. The highest BCUT2D eigenvalue weighted by Crippen LogP contribution is 2.14. The first-order chi connectivity index (χ1) is 9.83. The van der Waals surface area contributed by atoms with Gasteiger partial charge in [-0.3, -0.25) is 9.69 Å². The van der Waals surface area contributed by atoms with Gasteiger partial charge < -0.3 is 15.0 Å². The molecule has 0 spiro atoms. The quantitative estimate of drug-likeness (QED) is 0.876. The average Bonchev–Trinajstić information content (AvgIpc) is 3.01. The Morgan fingerprint density at radius 1 is 1.40 bits per heavy atom. The van der Waals surface area contributed by atoms with Crippen molar-refractivity contribution in [2.45, 2.75) is 12.6 Å². The Morgan fingerprint density at radius 3 is 2.90 bits per heavy atom. The van der Waals surface area contributed by atoms with Crippen molar-refractivity contribution in [3.8, 4) is 0 Å². The molecule has 2 saturated heterocycles. The molecule has 0 bridgehead atoms. The lowest BCUT2D eigenvalue weighted by Gasteiger charge is -2.36. The van der Waals surface area contributed by atoms with Gasteiger partial charge in [-0.1, -0.05) is 6.07 Å². The fraction of sp³-hybridized carbons (Fsp3) is 0.643. The van der Waals surface area contributed by atoms with E-state index in [2.05, 4.69) is 27.7 Å². The topological polar surface area (TPSA) is 44.8 Å². The van der Waals surface area contributed by atoms with Crippen LogP contribution >= 0.6 is 11.3 Å². The van der Waals surface area contributed by atoms with Gasteiger partial charge in [0.1, 0.15) is 6.10 Å². The van der Waals surface area contributed by atoms with E-state index in [0.29, 0.717) is 13.2 Å². The summed E-state index contributed by atoms with van der Waals surface area (Å²) in [5.74, 6) is 0.146. The van der Waals surface area contributed by atoms with E-state index in [1.165, 1.54) is 4.88 Å². The Labute approximate surface area is 123 Å². The van der Waals surface area contributed by atoms with Crippen LogP contribution in [0.5, 0.6) is 0 Å². The van der Waals surface area contributed by atoms with Crippen molar-refractivity contribution in [1.82, 2.24) is 15.1 Å². The van der Waals surface area contributed by atoms with Crippen molar-refractivity contribution in [3.63, 3.8) is 0 Å². The largest absolute Gasteiger partial charge is 0.366 e. The molecule has 5 nitrogen and oxygen atoms in total. The standard InChI is InChI=1S/C14H21N3O2S/c18-14(13-10-15-3-8-19-13)17-6-4-16(5-7-17)11-12-2-1-9-20-12/h1-2,9,13,15H,3-8,10-11H2/t13-/m0/s1. The van der Waals surface area contributed by atoms with Crippen molar-refractivity contribution in [3.05, 3.63) is 22.4 Å². The van der Waals surface area contributed by atoms with E-state index in [0.717, 1.165) is 39.3 Å². The second-order valence-corrected chi connectivity index (χ2v) is 6.28. The summed E-state index contributed by atoms with van der Waals surface area (Å²) in [6.45, 7) is 6.64. The Kier molecular flexibility index (Phi) is 4.67. The van der Waals surface area contributed by atoms with E-state index in [4.69, 9.17) is 4.74 Å². The van der Waals surface area contributed by atoms with Crippen LogP contribution in [0.25, 0.3) is 0 Å². The molecule has 2 fully saturated rings. The maximum atomic E-state index is 12.3. The minimum absolute atomic E-state index is 0.146. The Morgan fingerprint density at radius 2 is 2.25 bits per heavy atom. The van der Waals surface area contributed by atoms with Crippen LogP contribution in [0.3, 0.4) is 0 Å². The van der Waals surface area contributed by atoms with E-state index in [9.17, 15) is 4.79 Å². The normalized spacial score (nSPS) is 24.8. The molecule has 1 aromatic heterocycles. The third kappa shape index (κ3) is 3.38. The fourth-order valence-electron chi connectivity index (χ4n) is 2.68. The van der Waals surface area contributed by atoms with Gasteiger partial charge in [0.15, 0.2) is 0 Å². The Balaban J connectivity index is 1.46. The molecule has 1 N–H and O–H groups in total. The lowest BCUT2D eigenvalue weighted by molar-refractivity contribution is -0.147. The summed E-state index contributed by atoms with van der Waals surface area (Å²) in [5, 5.41) is 5.33. The highest BCUT2D eigenvalue weighted by Gasteiger charge is 2.29.